The summed E-state index contributed by atoms with van der Waals surface area (Å²) < 4.78 is 52.8. The van der Waals surface area contributed by atoms with E-state index in [0.29, 0.717) is 35.8 Å². The third kappa shape index (κ3) is 7.95. The number of ether oxygens (including phenoxy) is 2. The van der Waals surface area contributed by atoms with Crippen molar-refractivity contribution in [2.45, 2.75) is 25.7 Å². The predicted octanol–water partition coefficient (Wildman–Crippen LogP) is 5.63. The van der Waals surface area contributed by atoms with E-state index in [0.717, 1.165) is 24.7 Å². The average Bonchev–Trinajstić information content (AvgIpc) is 2.98. The van der Waals surface area contributed by atoms with E-state index in [1.807, 2.05) is 31.2 Å². The van der Waals surface area contributed by atoms with Crippen molar-refractivity contribution >= 4 is 28.8 Å². The first-order valence-corrected chi connectivity index (χ1v) is 13.9. The van der Waals surface area contributed by atoms with Gasteiger partial charge in [0.15, 0.2) is 10.9 Å². The number of aryl methyl sites for hydroxylation is 1. The SMILES string of the molecule is Cc1cccc(Oc2cc(-c3ccc(C(F)(F)F)nc3NCC3CN(Cc4ccccc4)CCO3)ncn2)c1NC(N)=S. The number of hydrogen-bond acceptors (Lipinski definition) is 8. The molecule has 1 atom stereocenters. The van der Waals surface area contributed by atoms with Gasteiger partial charge in [0.05, 0.1) is 24.1 Å². The Morgan fingerprint density at radius 3 is 2.70 bits per heavy atom. The van der Waals surface area contributed by atoms with Gasteiger partial charge in [0, 0.05) is 37.8 Å². The molecule has 0 aliphatic carbocycles. The Hall–Kier alpha value is -4.33. The minimum absolute atomic E-state index is 0.0228. The minimum Gasteiger partial charge on any atom is -0.437 e. The third-order valence-corrected chi connectivity index (χ3v) is 6.87. The molecule has 0 radical (unpaired) electrons. The van der Waals surface area contributed by atoms with E-state index in [2.05, 4.69) is 42.6 Å². The maximum absolute atomic E-state index is 13.6. The van der Waals surface area contributed by atoms with Gasteiger partial charge >= 0.3 is 6.18 Å². The molecule has 1 aliphatic rings. The van der Waals surface area contributed by atoms with E-state index in [9.17, 15) is 13.2 Å². The topological polar surface area (TPSA) is 110 Å². The van der Waals surface area contributed by atoms with E-state index in [1.54, 1.807) is 12.1 Å². The summed E-state index contributed by atoms with van der Waals surface area (Å²) in [6.07, 6.45) is -3.61. The van der Waals surface area contributed by atoms with Crippen molar-refractivity contribution in [3.63, 3.8) is 0 Å². The largest absolute Gasteiger partial charge is 0.437 e. The molecule has 4 aromatic rings. The highest BCUT2D eigenvalue weighted by Crippen LogP contribution is 2.35. The van der Waals surface area contributed by atoms with Crippen LogP contribution in [0.15, 0.2) is 73.1 Å². The number of thiocarbonyl (C=S) groups is 1. The first kappa shape index (κ1) is 30.1. The zero-order valence-electron chi connectivity index (χ0n) is 23.3. The number of rotatable bonds is 9. The number of alkyl halides is 3. The molecule has 43 heavy (non-hydrogen) atoms. The predicted molar refractivity (Wildman–Crippen MR) is 162 cm³/mol. The van der Waals surface area contributed by atoms with Crippen LogP contribution in [0.1, 0.15) is 16.8 Å². The molecular weight excluding hydrogens is 579 g/mol. The lowest BCUT2D eigenvalue weighted by Gasteiger charge is -2.33. The second kappa shape index (κ2) is 13.3. The first-order chi connectivity index (χ1) is 20.7. The lowest BCUT2D eigenvalue weighted by molar-refractivity contribution is -0.141. The number of morpholine rings is 1. The highest BCUT2D eigenvalue weighted by Gasteiger charge is 2.33. The molecule has 2 aromatic heterocycles. The van der Waals surface area contributed by atoms with Gasteiger partial charge in [-0.25, -0.2) is 15.0 Å². The van der Waals surface area contributed by atoms with E-state index >= 15 is 0 Å². The number of anilines is 2. The van der Waals surface area contributed by atoms with E-state index in [1.165, 1.54) is 24.0 Å². The molecule has 2 aromatic carbocycles. The fourth-order valence-electron chi connectivity index (χ4n) is 4.72. The molecule has 0 amide bonds. The van der Waals surface area contributed by atoms with Crippen molar-refractivity contribution in [2.75, 3.05) is 36.9 Å². The maximum Gasteiger partial charge on any atom is 0.433 e. The van der Waals surface area contributed by atoms with Crippen LogP contribution >= 0.6 is 12.2 Å². The summed E-state index contributed by atoms with van der Waals surface area (Å²) >= 11 is 4.98. The molecule has 1 aliphatic heterocycles. The summed E-state index contributed by atoms with van der Waals surface area (Å²) in [4.78, 5) is 14.7. The number of nitrogens with one attached hydrogen (secondary N) is 2. The van der Waals surface area contributed by atoms with Crippen molar-refractivity contribution < 1.29 is 22.6 Å². The lowest BCUT2D eigenvalue weighted by atomic mass is 10.1. The summed E-state index contributed by atoms with van der Waals surface area (Å²) in [5, 5.41) is 6.05. The average molecular weight is 610 g/mol. The molecule has 1 unspecified atom stereocenters. The van der Waals surface area contributed by atoms with E-state index in [-0.39, 0.29) is 29.5 Å². The van der Waals surface area contributed by atoms with Crippen LogP contribution < -0.4 is 21.1 Å². The van der Waals surface area contributed by atoms with Crippen LogP contribution in [0, 0.1) is 6.92 Å². The Bertz CT molecular complexity index is 1570. The highest BCUT2D eigenvalue weighted by molar-refractivity contribution is 7.80. The van der Waals surface area contributed by atoms with Gasteiger partial charge in [-0.2, -0.15) is 13.2 Å². The van der Waals surface area contributed by atoms with Crippen LogP contribution in [0.4, 0.5) is 24.7 Å². The number of nitrogens with zero attached hydrogens (tertiary/aromatic N) is 4. The van der Waals surface area contributed by atoms with E-state index in [4.69, 9.17) is 27.4 Å². The van der Waals surface area contributed by atoms with Crippen LogP contribution in [0.25, 0.3) is 11.3 Å². The molecule has 5 rings (SSSR count). The molecular formula is C30H30F3N7O2S. The van der Waals surface area contributed by atoms with Gasteiger partial charge < -0.3 is 25.8 Å². The molecule has 3 heterocycles. The smallest absolute Gasteiger partial charge is 0.433 e. The molecule has 0 spiro atoms. The van der Waals surface area contributed by atoms with Gasteiger partial charge in [-0.1, -0.05) is 42.5 Å². The Morgan fingerprint density at radius 1 is 1.12 bits per heavy atom. The van der Waals surface area contributed by atoms with Crippen LogP contribution in [0.2, 0.25) is 0 Å². The summed E-state index contributed by atoms with van der Waals surface area (Å²) in [5.74, 6) is 0.602. The molecule has 1 saturated heterocycles. The minimum atomic E-state index is -4.62. The van der Waals surface area contributed by atoms with Crippen LogP contribution in [-0.2, 0) is 17.5 Å². The van der Waals surface area contributed by atoms with Crippen molar-refractivity contribution in [2.24, 2.45) is 5.73 Å². The molecule has 224 valence electrons. The van der Waals surface area contributed by atoms with Crippen molar-refractivity contribution in [3.8, 4) is 22.9 Å². The number of benzene rings is 2. The second-order valence-electron chi connectivity index (χ2n) is 9.97. The molecule has 9 nitrogen and oxygen atoms in total. The van der Waals surface area contributed by atoms with Gasteiger partial charge in [-0.15, -0.1) is 0 Å². The Labute approximate surface area is 252 Å². The number of nitrogens with two attached hydrogens (primary N) is 1. The third-order valence-electron chi connectivity index (χ3n) is 6.77. The van der Waals surface area contributed by atoms with Gasteiger partial charge in [-0.05, 0) is 48.5 Å². The fourth-order valence-corrected chi connectivity index (χ4v) is 4.82. The first-order valence-electron chi connectivity index (χ1n) is 13.5. The zero-order chi connectivity index (χ0) is 30.4. The second-order valence-corrected chi connectivity index (χ2v) is 10.4. The van der Waals surface area contributed by atoms with Crippen LogP contribution in [0.5, 0.6) is 11.6 Å². The maximum atomic E-state index is 13.6. The quantitative estimate of drug-likeness (QED) is 0.207. The molecule has 1 fully saturated rings. The number of hydrogen-bond donors (Lipinski definition) is 3. The van der Waals surface area contributed by atoms with Crippen molar-refractivity contribution in [1.82, 2.24) is 19.9 Å². The number of halogens is 3. The molecule has 13 heteroatoms. The van der Waals surface area contributed by atoms with E-state index < -0.39 is 11.9 Å². The Morgan fingerprint density at radius 2 is 1.93 bits per heavy atom. The van der Waals surface area contributed by atoms with Gasteiger partial charge in [-0.3, -0.25) is 4.90 Å². The molecule has 0 bridgehead atoms. The Kier molecular flexibility index (Phi) is 9.34. The summed E-state index contributed by atoms with van der Waals surface area (Å²) in [5.41, 5.74) is 7.91. The van der Waals surface area contributed by atoms with Gasteiger partial charge in [0.2, 0.25) is 5.88 Å². The van der Waals surface area contributed by atoms with Crippen molar-refractivity contribution in [3.05, 3.63) is 89.9 Å². The summed E-state index contributed by atoms with van der Waals surface area (Å²) in [6.45, 7) is 4.75. The normalized spacial score (nSPS) is 15.6. The molecule has 0 saturated carbocycles. The number of pyridine rings is 1. The monoisotopic (exact) mass is 609 g/mol. The highest BCUT2D eigenvalue weighted by atomic mass is 32.1. The summed E-state index contributed by atoms with van der Waals surface area (Å²) in [6, 6.07) is 19.2. The van der Waals surface area contributed by atoms with Gasteiger partial charge in [0.1, 0.15) is 17.8 Å². The molecule has 4 N–H and O–H groups in total. The van der Waals surface area contributed by atoms with Gasteiger partial charge in [0.25, 0.3) is 0 Å². The zero-order valence-corrected chi connectivity index (χ0v) is 24.1. The lowest BCUT2D eigenvalue weighted by Crippen LogP contribution is -2.44. The summed E-state index contributed by atoms with van der Waals surface area (Å²) in [7, 11) is 0. The Balaban J connectivity index is 1.37. The standard InChI is InChI=1S/C30H30F3N7O2S/c1-19-6-5-9-24(27(19)39-29(34)43)42-26-14-23(36-18-37-26)22-10-11-25(30(31,32)33)38-28(22)35-15-21-17-40(12-13-41-21)16-20-7-3-2-4-8-20/h2-11,14,18,21H,12-13,15-17H2,1H3,(H,35,38)(H3,34,39,43). The van der Waals surface area contributed by atoms with Crippen LogP contribution in [-0.4, -0.2) is 57.3 Å². The number of aromatic nitrogens is 3. The fraction of sp³-hybridized carbons (Fsp3) is 0.267. The number of para-hydroxylation sites is 1. The van der Waals surface area contributed by atoms with Crippen molar-refractivity contribution in [1.29, 1.82) is 0 Å². The van der Waals surface area contributed by atoms with Crippen LogP contribution in [0.3, 0.4) is 0 Å².